The van der Waals surface area contributed by atoms with Crippen molar-refractivity contribution in [3.8, 4) is 0 Å². The van der Waals surface area contributed by atoms with Gasteiger partial charge >= 0.3 is 0 Å². The molecular weight excluding hydrogens is 322 g/mol. The highest BCUT2D eigenvalue weighted by Gasteiger charge is 2.37. The summed E-state index contributed by atoms with van der Waals surface area (Å²) in [7, 11) is 0. The van der Waals surface area contributed by atoms with Crippen molar-refractivity contribution in [1.29, 1.82) is 0 Å². The van der Waals surface area contributed by atoms with Crippen LogP contribution in [-0.4, -0.2) is 66.7 Å². The van der Waals surface area contributed by atoms with Crippen LogP contribution in [0, 0.1) is 19.8 Å². The highest BCUT2D eigenvalue weighted by Crippen LogP contribution is 2.29. The van der Waals surface area contributed by atoms with E-state index in [2.05, 4.69) is 25.6 Å². The molecule has 3 aliphatic heterocycles. The third-order valence-corrected chi connectivity index (χ3v) is 5.36. The van der Waals surface area contributed by atoms with Crippen LogP contribution < -0.4 is 0 Å². The predicted molar refractivity (Wildman–Crippen MR) is 87.3 cm³/mol. The number of carbonyl (C=O) groups is 1. The standard InChI is InChI=1S/C16H23N7O2/c1-11-15(12(2)25-18-11)8-21-5-13-3-4-14(7-21)23(6-13)16(24)9-22-10-17-19-20-22/h10,13-14H,3-9H2,1-2H3/t13-,14+/m0/s1. The van der Waals surface area contributed by atoms with Gasteiger partial charge in [-0.3, -0.25) is 9.69 Å². The summed E-state index contributed by atoms with van der Waals surface area (Å²) in [4.78, 5) is 17.2. The summed E-state index contributed by atoms with van der Waals surface area (Å²) < 4.78 is 6.78. The zero-order valence-corrected chi connectivity index (χ0v) is 14.6. The van der Waals surface area contributed by atoms with Crippen LogP contribution in [0.2, 0.25) is 0 Å². The molecular formula is C16H23N7O2. The van der Waals surface area contributed by atoms with Crippen molar-refractivity contribution < 1.29 is 9.32 Å². The zero-order chi connectivity index (χ0) is 17.4. The molecule has 2 bridgehead atoms. The van der Waals surface area contributed by atoms with Gasteiger partial charge in [0.05, 0.1) is 5.69 Å². The molecule has 9 nitrogen and oxygen atoms in total. The quantitative estimate of drug-likeness (QED) is 0.792. The largest absolute Gasteiger partial charge is 0.361 e. The van der Waals surface area contributed by atoms with E-state index in [1.165, 1.54) is 23.0 Å². The summed E-state index contributed by atoms with van der Waals surface area (Å²) in [6, 6.07) is 0.253. The minimum atomic E-state index is 0.0983. The van der Waals surface area contributed by atoms with Crippen LogP contribution in [0.1, 0.15) is 29.9 Å². The Morgan fingerprint density at radius 1 is 1.28 bits per heavy atom. The first-order chi connectivity index (χ1) is 12.1. The molecule has 2 atom stereocenters. The van der Waals surface area contributed by atoms with Crippen molar-refractivity contribution in [2.75, 3.05) is 19.6 Å². The van der Waals surface area contributed by atoms with E-state index in [1.807, 2.05) is 18.7 Å². The van der Waals surface area contributed by atoms with Gasteiger partial charge in [0.25, 0.3) is 0 Å². The number of tetrazole rings is 1. The second-order valence-corrected chi connectivity index (χ2v) is 7.15. The van der Waals surface area contributed by atoms with Gasteiger partial charge in [-0.1, -0.05) is 5.16 Å². The molecule has 2 aromatic rings. The molecule has 0 aromatic carbocycles. The number of aromatic nitrogens is 5. The van der Waals surface area contributed by atoms with Gasteiger partial charge in [-0.25, -0.2) is 4.68 Å². The molecule has 0 unspecified atom stereocenters. The topological polar surface area (TPSA) is 93.2 Å². The summed E-state index contributed by atoms with van der Waals surface area (Å²) in [5.41, 5.74) is 2.13. The first-order valence-electron chi connectivity index (χ1n) is 8.74. The molecule has 3 fully saturated rings. The Labute approximate surface area is 145 Å². The van der Waals surface area contributed by atoms with Gasteiger partial charge in [-0.05, 0) is 43.0 Å². The lowest BCUT2D eigenvalue weighted by Crippen LogP contribution is -2.48. The lowest BCUT2D eigenvalue weighted by molar-refractivity contribution is -0.136. The summed E-state index contributed by atoms with van der Waals surface area (Å²) in [6.45, 7) is 7.72. The SMILES string of the molecule is Cc1noc(C)c1CN1C[C@@H]2CC[C@H](C1)N(C(=O)Cn1cnnn1)C2. The molecule has 134 valence electrons. The number of piperidine rings is 1. The normalized spacial score (nSPS) is 23.8. The Balaban J connectivity index is 1.46. The predicted octanol–water partition coefficient (Wildman–Crippen LogP) is 0.401. The number of amides is 1. The van der Waals surface area contributed by atoms with Gasteiger partial charge in [0.1, 0.15) is 18.6 Å². The van der Waals surface area contributed by atoms with E-state index in [9.17, 15) is 4.79 Å². The second-order valence-electron chi connectivity index (χ2n) is 7.15. The van der Waals surface area contributed by atoms with Crippen LogP contribution in [0.25, 0.3) is 0 Å². The van der Waals surface area contributed by atoms with Gasteiger partial charge in [0.15, 0.2) is 0 Å². The summed E-state index contributed by atoms with van der Waals surface area (Å²) >= 11 is 0. The smallest absolute Gasteiger partial charge is 0.244 e. The van der Waals surface area contributed by atoms with Crippen molar-refractivity contribution in [1.82, 2.24) is 35.2 Å². The molecule has 2 aromatic heterocycles. The van der Waals surface area contributed by atoms with E-state index in [0.29, 0.717) is 5.92 Å². The molecule has 5 rings (SSSR count). The van der Waals surface area contributed by atoms with Crippen LogP contribution in [0.3, 0.4) is 0 Å². The summed E-state index contributed by atoms with van der Waals surface area (Å²) in [5, 5.41) is 15.0. The maximum atomic E-state index is 12.7. The first kappa shape index (κ1) is 16.2. The van der Waals surface area contributed by atoms with E-state index in [0.717, 1.165) is 44.1 Å². The maximum Gasteiger partial charge on any atom is 0.244 e. The lowest BCUT2D eigenvalue weighted by Gasteiger charge is -2.36. The molecule has 0 spiro atoms. The minimum Gasteiger partial charge on any atom is -0.361 e. The fraction of sp³-hybridized carbons (Fsp3) is 0.688. The molecule has 25 heavy (non-hydrogen) atoms. The second kappa shape index (κ2) is 6.55. The average Bonchev–Trinajstić information content (AvgIpc) is 3.10. The molecule has 0 radical (unpaired) electrons. The molecule has 5 heterocycles. The first-order valence-corrected chi connectivity index (χ1v) is 8.74. The number of rotatable bonds is 4. The number of aryl methyl sites for hydroxylation is 2. The number of hydrogen-bond acceptors (Lipinski definition) is 7. The van der Waals surface area contributed by atoms with E-state index < -0.39 is 0 Å². The van der Waals surface area contributed by atoms with Crippen LogP contribution in [-0.2, 0) is 17.9 Å². The third kappa shape index (κ3) is 3.28. The van der Waals surface area contributed by atoms with Crippen LogP contribution in [0.4, 0.5) is 0 Å². The van der Waals surface area contributed by atoms with E-state index in [1.54, 1.807) is 0 Å². The third-order valence-electron chi connectivity index (χ3n) is 5.36. The Kier molecular flexibility index (Phi) is 4.24. The average molecular weight is 345 g/mol. The fourth-order valence-corrected chi connectivity index (χ4v) is 4.05. The van der Waals surface area contributed by atoms with Gasteiger partial charge in [-0.2, -0.15) is 0 Å². The molecule has 0 aliphatic carbocycles. The van der Waals surface area contributed by atoms with Gasteiger partial charge in [-0.15, -0.1) is 5.10 Å². The van der Waals surface area contributed by atoms with E-state index in [-0.39, 0.29) is 18.5 Å². The van der Waals surface area contributed by atoms with Gasteiger partial charge in [0, 0.05) is 37.8 Å². The van der Waals surface area contributed by atoms with Crippen molar-refractivity contribution in [2.24, 2.45) is 5.92 Å². The van der Waals surface area contributed by atoms with Crippen molar-refractivity contribution in [3.63, 3.8) is 0 Å². The van der Waals surface area contributed by atoms with Crippen molar-refractivity contribution in [2.45, 2.75) is 45.8 Å². The zero-order valence-electron chi connectivity index (χ0n) is 14.6. The molecule has 3 aliphatic rings. The van der Waals surface area contributed by atoms with Gasteiger partial charge < -0.3 is 9.42 Å². The van der Waals surface area contributed by atoms with E-state index >= 15 is 0 Å². The van der Waals surface area contributed by atoms with Crippen LogP contribution in [0.15, 0.2) is 10.9 Å². The fourth-order valence-electron chi connectivity index (χ4n) is 4.05. The molecule has 0 saturated carbocycles. The monoisotopic (exact) mass is 345 g/mol. The Morgan fingerprint density at radius 3 is 2.88 bits per heavy atom. The number of carbonyl (C=O) groups excluding carboxylic acids is 1. The minimum absolute atomic E-state index is 0.0983. The Bertz CT molecular complexity index is 722. The lowest BCUT2D eigenvalue weighted by atomic mass is 9.95. The number of fused-ring (bicyclic) bond motifs is 4. The highest BCUT2D eigenvalue weighted by molar-refractivity contribution is 5.76. The number of nitrogens with zero attached hydrogens (tertiary/aromatic N) is 7. The van der Waals surface area contributed by atoms with Crippen LogP contribution >= 0.6 is 0 Å². The molecule has 3 saturated heterocycles. The Morgan fingerprint density at radius 2 is 2.16 bits per heavy atom. The van der Waals surface area contributed by atoms with Crippen molar-refractivity contribution >= 4 is 5.91 Å². The molecule has 9 heteroatoms. The van der Waals surface area contributed by atoms with Crippen LogP contribution in [0.5, 0.6) is 0 Å². The Hall–Kier alpha value is -2.29. The van der Waals surface area contributed by atoms with E-state index in [4.69, 9.17) is 4.52 Å². The molecule has 0 N–H and O–H groups in total. The number of hydrogen-bond donors (Lipinski definition) is 0. The maximum absolute atomic E-state index is 12.7. The molecule has 1 amide bonds. The summed E-state index contributed by atoms with van der Waals surface area (Å²) in [6.07, 6.45) is 3.72. The van der Waals surface area contributed by atoms with Crippen molar-refractivity contribution in [3.05, 3.63) is 23.3 Å². The summed E-state index contributed by atoms with van der Waals surface area (Å²) in [5.74, 6) is 1.50. The highest BCUT2D eigenvalue weighted by atomic mass is 16.5. The van der Waals surface area contributed by atoms with Gasteiger partial charge in [0.2, 0.25) is 5.91 Å².